The summed E-state index contributed by atoms with van der Waals surface area (Å²) in [6.07, 6.45) is 1.09. The second-order valence-corrected chi connectivity index (χ2v) is 3.95. The molecule has 9 nitrogen and oxygen atoms in total. The summed E-state index contributed by atoms with van der Waals surface area (Å²) in [5.41, 5.74) is 0. The second-order valence-electron chi connectivity index (χ2n) is 3.95. The molecule has 0 bridgehead atoms. The molecule has 1 heterocycles. The predicted octanol–water partition coefficient (Wildman–Crippen LogP) is -2.13. The molecule has 0 aromatic carbocycles. The lowest BCUT2D eigenvalue weighted by Gasteiger charge is -2.30. The molecule has 1 aliphatic rings. The number of aliphatic imine (C=N–C) groups is 1. The molecule has 0 aromatic heterocycles. The van der Waals surface area contributed by atoms with Crippen molar-refractivity contribution < 1.29 is 24.9 Å². The SMILES string of the molecule is CN=C/C=N\N.CNC(C)=O.OCC1OCCC(O)C1O. The van der Waals surface area contributed by atoms with Gasteiger partial charge in [0.25, 0.3) is 0 Å². The largest absolute Gasteiger partial charge is 0.394 e. The number of amides is 1. The van der Waals surface area contributed by atoms with Crippen molar-refractivity contribution in [3.8, 4) is 0 Å². The number of rotatable bonds is 2. The van der Waals surface area contributed by atoms with E-state index in [-0.39, 0.29) is 12.5 Å². The molecule has 0 radical (unpaired) electrons. The standard InChI is InChI=1S/C6H12O4.C3H7N3.C3H7NO/c7-3-5-6(9)4(8)1-2-10-5;1-5-2-3-6-4;1-3(5)4-2/h4-9H,1-3H2;2-3H,4H2,1H3;1-2H3,(H,4,5)/b;5-2?,6-3-;. The number of hydrogen-bond acceptors (Lipinski definition) is 8. The van der Waals surface area contributed by atoms with Crippen LogP contribution in [-0.2, 0) is 9.53 Å². The third-order valence-electron chi connectivity index (χ3n) is 2.35. The van der Waals surface area contributed by atoms with Crippen LogP contribution >= 0.6 is 0 Å². The number of ether oxygens (including phenoxy) is 1. The number of nitrogens with zero attached hydrogens (tertiary/aromatic N) is 2. The summed E-state index contributed by atoms with van der Waals surface area (Å²) in [6, 6.07) is 0. The molecule has 9 heteroatoms. The minimum atomic E-state index is -0.932. The smallest absolute Gasteiger partial charge is 0.216 e. The van der Waals surface area contributed by atoms with Gasteiger partial charge in [0, 0.05) is 33.8 Å². The highest BCUT2D eigenvalue weighted by atomic mass is 16.5. The van der Waals surface area contributed by atoms with Crippen LogP contribution in [0, 0.1) is 0 Å². The highest BCUT2D eigenvalue weighted by Crippen LogP contribution is 2.13. The van der Waals surface area contributed by atoms with Crippen LogP contribution in [0.3, 0.4) is 0 Å². The lowest BCUT2D eigenvalue weighted by Crippen LogP contribution is -2.46. The van der Waals surface area contributed by atoms with Crippen LogP contribution in [-0.4, -0.2) is 79.3 Å². The Hall–Kier alpha value is -1.55. The Kier molecular flexibility index (Phi) is 15.4. The summed E-state index contributed by atoms with van der Waals surface area (Å²) >= 11 is 0. The van der Waals surface area contributed by atoms with Gasteiger partial charge in [-0.15, -0.1) is 0 Å². The first kappa shape index (κ1) is 21.7. The lowest BCUT2D eigenvalue weighted by atomic mass is 10.0. The number of aliphatic hydroxyl groups is 3. The number of nitrogens with one attached hydrogen (secondary N) is 1. The highest BCUT2D eigenvalue weighted by Gasteiger charge is 2.30. The summed E-state index contributed by atoms with van der Waals surface area (Å²) in [7, 11) is 3.25. The van der Waals surface area contributed by atoms with Gasteiger partial charge >= 0.3 is 0 Å². The van der Waals surface area contributed by atoms with E-state index in [1.54, 1.807) is 14.1 Å². The molecule has 124 valence electrons. The first-order chi connectivity index (χ1) is 9.94. The molecule has 0 spiro atoms. The van der Waals surface area contributed by atoms with Crippen LogP contribution in [0.1, 0.15) is 13.3 Å². The predicted molar refractivity (Wildman–Crippen MR) is 80.3 cm³/mol. The third-order valence-corrected chi connectivity index (χ3v) is 2.35. The number of hydrazone groups is 1. The average Bonchev–Trinajstić information content (AvgIpc) is 2.49. The van der Waals surface area contributed by atoms with E-state index in [1.807, 2.05) is 0 Å². The van der Waals surface area contributed by atoms with Crippen LogP contribution in [0.25, 0.3) is 0 Å². The van der Waals surface area contributed by atoms with E-state index in [0.29, 0.717) is 13.0 Å². The Morgan fingerprint density at radius 3 is 2.33 bits per heavy atom. The molecule has 6 N–H and O–H groups in total. The zero-order valence-corrected chi connectivity index (χ0v) is 12.6. The highest BCUT2D eigenvalue weighted by molar-refractivity contribution is 6.15. The van der Waals surface area contributed by atoms with Crippen LogP contribution in [0.2, 0.25) is 0 Å². The molecule has 3 atom stereocenters. The van der Waals surface area contributed by atoms with Crippen molar-refractivity contribution in [1.82, 2.24) is 5.32 Å². The van der Waals surface area contributed by atoms with E-state index in [1.165, 1.54) is 19.4 Å². The van der Waals surface area contributed by atoms with Gasteiger partial charge in [-0.1, -0.05) is 0 Å². The Morgan fingerprint density at radius 2 is 2.05 bits per heavy atom. The maximum absolute atomic E-state index is 9.70. The summed E-state index contributed by atoms with van der Waals surface area (Å²) in [5.74, 6) is 4.70. The van der Waals surface area contributed by atoms with Gasteiger partial charge in [0.1, 0.15) is 12.2 Å². The number of carbonyl (C=O) groups is 1. The summed E-state index contributed by atoms with van der Waals surface area (Å²) < 4.78 is 4.95. The van der Waals surface area contributed by atoms with Crippen molar-refractivity contribution in [1.29, 1.82) is 0 Å². The van der Waals surface area contributed by atoms with Crippen LogP contribution < -0.4 is 11.2 Å². The monoisotopic (exact) mass is 306 g/mol. The van der Waals surface area contributed by atoms with Crippen molar-refractivity contribution in [2.45, 2.75) is 31.7 Å². The molecular formula is C12H26N4O5. The van der Waals surface area contributed by atoms with Gasteiger partial charge in [-0.05, 0) is 6.42 Å². The normalized spacial score (nSPS) is 24.8. The van der Waals surface area contributed by atoms with Crippen molar-refractivity contribution in [2.24, 2.45) is 15.9 Å². The van der Waals surface area contributed by atoms with Crippen molar-refractivity contribution in [3.63, 3.8) is 0 Å². The molecule has 1 saturated heterocycles. The molecule has 1 rings (SSSR count). The Labute approximate surface area is 124 Å². The maximum atomic E-state index is 9.70. The molecule has 21 heavy (non-hydrogen) atoms. The molecule has 1 fully saturated rings. The summed E-state index contributed by atoms with van der Waals surface area (Å²) in [6.45, 7) is 1.64. The quantitative estimate of drug-likeness (QED) is 0.223. The Morgan fingerprint density at radius 1 is 1.48 bits per heavy atom. The van der Waals surface area contributed by atoms with E-state index in [9.17, 15) is 4.79 Å². The number of carbonyl (C=O) groups excluding carboxylic acids is 1. The fourth-order valence-corrected chi connectivity index (χ4v) is 1.12. The summed E-state index contributed by atoms with van der Waals surface area (Å²) in [4.78, 5) is 13.3. The maximum Gasteiger partial charge on any atom is 0.216 e. The minimum Gasteiger partial charge on any atom is -0.394 e. The van der Waals surface area contributed by atoms with E-state index in [2.05, 4.69) is 15.4 Å². The molecular weight excluding hydrogens is 280 g/mol. The van der Waals surface area contributed by atoms with E-state index in [0.717, 1.165) is 0 Å². The van der Waals surface area contributed by atoms with Crippen LogP contribution in [0.15, 0.2) is 10.1 Å². The van der Waals surface area contributed by atoms with E-state index >= 15 is 0 Å². The van der Waals surface area contributed by atoms with Crippen molar-refractivity contribution >= 4 is 18.3 Å². The van der Waals surface area contributed by atoms with Gasteiger partial charge in [0.2, 0.25) is 5.91 Å². The zero-order valence-electron chi connectivity index (χ0n) is 12.6. The third kappa shape index (κ3) is 13.2. The second kappa shape index (κ2) is 14.9. The fraction of sp³-hybridized carbons (Fsp3) is 0.750. The fourth-order valence-electron chi connectivity index (χ4n) is 1.12. The number of hydrogen-bond donors (Lipinski definition) is 5. The number of nitrogens with two attached hydrogens (primary N) is 1. The topological polar surface area (TPSA) is 150 Å². The first-order valence-electron chi connectivity index (χ1n) is 6.35. The van der Waals surface area contributed by atoms with Crippen molar-refractivity contribution in [2.75, 3.05) is 27.3 Å². The molecule has 3 unspecified atom stereocenters. The molecule has 0 aromatic rings. The first-order valence-corrected chi connectivity index (χ1v) is 6.35. The minimum absolute atomic E-state index is 0.00463. The zero-order chi connectivity index (χ0) is 16.7. The van der Waals surface area contributed by atoms with Gasteiger partial charge in [0.15, 0.2) is 0 Å². The average molecular weight is 306 g/mol. The lowest BCUT2D eigenvalue weighted by molar-refractivity contribution is -0.147. The summed E-state index contributed by atoms with van der Waals surface area (Å²) in [5, 5.41) is 32.3. The Bertz CT molecular complexity index is 302. The van der Waals surface area contributed by atoms with Gasteiger partial charge in [-0.2, -0.15) is 5.10 Å². The van der Waals surface area contributed by atoms with Crippen LogP contribution in [0.5, 0.6) is 0 Å². The van der Waals surface area contributed by atoms with Crippen LogP contribution in [0.4, 0.5) is 0 Å². The van der Waals surface area contributed by atoms with Gasteiger partial charge in [-0.3, -0.25) is 9.79 Å². The number of aliphatic hydroxyl groups excluding tert-OH is 3. The van der Waals surface area contributed by atoms with Gasteiger partial charge < -0.3 is 31.2 Å². The molecule has 1 aliphatic heterocycles. The van der Waals surface area contributed by atoms with Crippen molar-refractivity contribution in [3.05, 3.63) is 0 Å². The van der Waals surface area contributed by atoms with E-state index in [4.69, 9.17) is 25.9 Å². The Balaban J connectivity index is 0. The molecule has 1 amide bonds. The van der Waals surface area contributed by atoms with Gasteiger partial charge in [-0.25, -0.2) is 0 Å². The molecule has 0 aliphatic carbocycles. The van der Waals surface area contributed by atoms with E-state index < -0.39 is 18.3 Å². The van der Waals surface area contributed by atoms with Gasteiger partial charge in [0.05, 0.1) is 18.9 Å². The molecule has 0 saturated carbocycles.